The lowest BCUT2D eigenvalue weighted by Crippen LogP contribution is -2.23. The van der Waals surface area contributed by atoms with Crippen molar-refractivity contribution in [3.05, 3.63) is 57.5 Å². The average Bonchev–Trinajstić information content (AvgIpc) is 2.41. The fourth-order valence-electron chi connectivity index (χ4n) is 1.45. The molecule has 0 amide bonds. The standard InChI is InChI=1S/C12H9BrClFN2O2S/c13-9-5-11(12(14)16-7-9)20(18,19)17-6-8-1-3-10(15)4-2-8/h1-5,7,17H,6H2. The number of sulfonamides is 1. The molecule has 1 aromatic carbocycles. The van der Waals surface area contributed by atoms with Gasteiger partial charge in [-0.05, 0) is 39.7 Å². The molecule has 106 valence electrons. The van der Waals surface area contributed by atoms with Crippen LogP contribution >= 0.6 is 27.5 Å². The highest BCUT2D eigenvalue weighted by molar-refractivity contribution is 9.10. The molecule has 0 atom stereocenters. The lowest BCUT2D eigenvalue weighted by atomic mass is 10.2. The van der Waals surface area contributed by atoms with Gasteiger partial charge < -0.3 is 0 Å². The minimum Gasteiger partial charge on any atom is -0.242 e. The van der Waals surface area contributed by atoms with Gasteiger partial charge in [0, 0.05) is 17.2 Å². The van der Waals surface area contributed by atoms with Crippen LogP contribution in [-0.4, -0.2) is 13.4 Å². The minimum absolute atomic E-state index is 0.0332. The largest absolute Gasteiger partial charge is 0.243 e. The van der Waals surface area contributed by atoms with E-state index in [-0.39, 0.29) is 22.4 Å². The predicted octanol–water partition coefficient (Wildman–Crippen LogP) is 3.12. The second-order valence-electron chi connectivity index (χ2n) is 3.89. The summed E-state index contributed by atoms with van der Waals surface area (Å²) in [7, 11) is -3.79. The molecule has 0 fully saturated rings. The Labute approximate surface area is 129 Å². The molecule has 20 heavy (non-hydrogen) atoms. The number of pyridine rings is 1. The highest BCUT2D eigenvalue weighted by Gasteiger charge is 2.19. The van der Waals surface area contributed by atoms with Crippen LogP contribution in [0.15, 0.2) is 45.9 Å². The summed E-state index contributed by atoms with van der Waals surface area (Å²) in [6.45, 7) is 0.0332. The van der Waals surface area contributed by atoms with E-state index in [1.54, 1.807) is 0 Å². The van der Waals surface area contributed by atoms with Gasteiger partial charge in [-0.25, -0.2) is 22.5 Å². The van der Waals surface area contributed by atoms with Crippen LogP contribution in [0.25, 0.3) is 0 Å². The summed E-state index contributed by atoms with van der Waals surface area (Å²) in [5.74, 6) is -0.379. The van der Waals surface area contributed by atoms with Crippen molar-refractivity contribution >= 4 is 37.6 Å². The van der Waals surface area contributed by atoms with Gasteiger partial charge in [-0.2, -0.15) is 0 Å². The number of hydrogen-bond acceptors (Lipinski definition) is 3. The van der Waals surface area contributed by atoms with Crippen LogP contribution in [-0.2, 0) is 16.6 Å². The van der Waals surface area contributed by atoms with Crippen LogP contribution in [0.3, 0.4) is 0 Å². The fourth-order valence-corrected chi connectivity index (χ4v) is 3.41. The summed E-state index contributed by atoms with van der Waals surface area (Å²) in [4.78, 5) is 3.65. The Morgan fingerprint density at radius 1 is 1.30 bits per heavy atom. The smallest absolute Gasteiger partial charge is 0.242 e. The maximum absolute atomic E-state index is 12.8. The summed E-state index contributed by atoms with van der Waals surface area (Å²) < 4.78 is 39.9. The molecule has 4 nitrogen and oxygen atoms in total. The Kier molecular flexibility index (Phi) is 4.74. The van der Waals surface area contributed by atoms with Crippen LogP contribution < -0.4 is 4.72 Å². The molecule has 1 N–H and O–H groups in total. The summed E-state index contributed by atoms with van der Waals surface area (Å²) in [5.41, 5.74) is 0.633. The van der Waals surface area contributed by atoms with E-state index in [2.05, 4.69) is 25.6 Å². The number of hydrogen-bond donors (Lipinski definition) is 1. The van der Waals surface area contributed by atoms with E-state index < -0.39 is 10.0 Å². The quantitative estimate of drug-likeness (QED) is 0.830. The number of nitrogens with one attached hydrogen (secondary N) is 1. The zero-order chi connectivity index (χ0) is 14.8. The first-order valence-corrected chi connectivity index (χ1v) is 8.09. The first kappa shape index (κ1) is 15.4. The molecule has 0 aliphatic carbocycles. The SMILES string of the molecule is O=S(=O)(NCc1ccc(F)cc1)c1cc(Br)cnc1Cl. The van der Waals surface area contributed by atoms with Crippen molar-refractivity contribution in [1.82, 2.24) is 9.71 Å². The molecule has 2 aromatic rings. The van der Waals surface area contributed by atoms with Crippen molar-refractivity contribution in [3.8, 4) is 0 Å². The van der Waals surface area contributed by atoms with E-state index in [1.165, 1.54) is 36.5 Å². The van der Waals surface area contributed by atoms with E-state index in [0.717, 1.165) is 0 Å². The normalized spacial score (nSPS) is 11.6. The number of rotatable bonds is 4. The van der Waals surface area contributed by atoms with Crippen LogP contribution in [0.1, 0.15) is 5.56 Å². The van der Waals surface area contributed by atoms with Crippen molar-refractivity contribution in [3.63, 3.8) is 0 Å². The van der Waals surface area contributed by atoms with Gasteiger partial charge in [0.15, 0.2) is 0 Å². The molecule has 2 rings (SSSR count). The maximum Gasteiger partial charge on any atom is 0.243 e. The van der Waals surface area contributed by atoms with Crippen molar-refractivity contribution in [2.45, 2.75) is 11.4 Å². The Balaban J connectivity index is 2.19. The van der Waals surface area contributed by atoms with Gasteiger partial charge in [0.05, 0.1) is 0 Å². The van der Waals surface area contributed by atoms with Gasteiger partial charge in [-0.15, -0.1) is 0 Å². The number of aromatic nitrogens is 1. The van der Waals surface area contributed by atoms with Gasteiger partial charge >= 0.3 is 0 Å². The number of halogens is 3. The third kappa shape index (κ3) is 3.76. The molecular weight excluding hydrogens is 371 g/mol. The summed E-state index contributed by atoms with van der Waals surface area (Å²) >= 11 is 8.92. The molecule has 0 saturated carbocycles. The fraction of sp³-hybridized carbons (Fsp3) is 0.0833. The molecular formula is C12H9BrClFN2O2S. The third-order valence-corrected chi connectivity index (χ3v) is 4.70. The summed E-state index contributed by atoms with van der Waals surface area (Å²) in [6, 6.07) is 6.88. The van der Waals surface area contributed by atoms with Crippen molar-refractivity contribution in [2.75, 3.05) is 0 Å². The average molecular weight is 380 g/mol. The molecule has 0 bridgehead atoms. The molecule has 0 radical (unpaired) electrons. The van der Waals surface area contributed by atoms with Gasteiger partial charge in [0.25, 0.3) is 0 Å². The maximum atomic E-state index is 12.8. The lowest BCUT2D eigenvalue weighted by Gasteiger charge is -2.08. The van der Waals surface area contributed by atoms with Crippen molar-refractivity contribution in [2.24, 2.45) is 0 Å². The molecule has 0 aliphatic heterocycles. The van der Waals surface area contributed by atoms with E-state index in [9.17, 15) is 12.8 Å². The van der Waals surface area contributed by atoms with Gasteiger partial charge in [-0.1, -0.05) is 23.7 Å². The molecule has 1 aromatic heterocycles. The predicted molar refractivity (Wildman–Crippen MR) is 77.4 cm³/mol. The van der Waals surface area contributed by atoms with Gasteiger partial charge in [-0.3, -0.25) is 0 Å². The van der Waals surface area contributed by atoms with Crippen LogP contribution in [0.5, 0.6) is 0 Å². The van der Waals surface area contributed by atoms with Crippen molar-refractivity contribution < 1.29 is 12.8 Å². The molecule has 0 spiro atoms. The third-order valence-electron chi connectivity index (χ3n) is 2.44. The topological polar surface area (TPSA) is 59.1 Å². The first-order chi connectivity index (χ1) is 9.38. The summed E-state index contributed by atoms with van der Waals surface area (Å²) in [6.07, 6.45) is 1.40. The molecule has 1 heterocycles. The van der Waals surface area contributed by atoms with E-state index in [4.69, 9.17) is 11.6 Å². The van der Waals surface area contributed by atoms with Gasteiger partial charge in [0.2, 0.25) is 10.0 Å². The summed E-state index contributed by atoms with van der Waals surface area (Å²) in [5, 5.41) is -0.111. The zero-order valence-electron chi connectivity index (χ0n) is 9.98. The van der Waals surface area contributed by atoms with E-state index in [0.29, 0.717) is 10.0 Å². The lowest BCUT2D eigenvalue weighted by molar-refractivity contribution is 0.580. The number of nitrogens with zero attached hydrogens (tertiary/aromatic N) is 1. The number of benzene rings is 1. The Morgan fingerprint density at radius 2 is 1.95 bits per heavy atom. The Hall–Kier alpha value is -1.02. The zero-order valence-corrected chi connectivity index (χ0v) is 13.1. The molecule has 0 aliphatic rings. The van der Waals surface area contributed by atoms with Gasteiger partial charge in [0.1, 0.15) is 15.9 Å². The molecule has 0 saturated heterocycles. The monoisotopic (exact) mass is 378 g/mol. The minimum atomic E-state index is -3.79. The van der Waals surface area contributed by atoms with Crippen LogP contribution in [0.4, 0.5) is 4.39 Å². The molecule has 0 unspecified atom stereocenters. The Bertz CT molecular complexity index is 723. The van der Waals surface area contributed by atoms with E-state index >= 15 is 0 Å². The Morgan fingerprint density at radius 3 is 2.60 bits per heavy atom. The highest BCUT2D eigenvalue weighted by atomic mass is 79.9. The van der Waals surface area contributed by atoms with Crippen molar-refractivity contribution in [1.29, 1.82) is 0 Å². The second kappa shape index (κ2) is 6.17. The van der Waals surface area contributed by atoms with Crippen LogP contribution in [0.2, 0.25) is 5.15 Å². The van der Waals surface area contributed by atoms with E-state index in [1.807, 2.05) is 0 Å². The highest BCUT2D eigenvalue weighted by Crippen LogP contribution is 2.22. The second-order valence-corrected chi connectivity index (χ2v) is 6.90. The van der Waals surface area contributed by atoms with Crippen LogP contribution in [0, 0.1) is 5.82 Å². The first-order valence-electron chi connectivity index (χ1n) is 5.43. The molecule has 8 heteroatoms.